The van der Waals surface area contributed by atoms with Gasteiger partial charge in [0, 0.05) is 49.3 Å². The molecule has 32 heavy (non-hydrogen) atoms. The number of carbonyl (C=O) groups is 1. The SMILES string of the molecule is Cc1cccc(N2CCN(C(=O)CCCn3c(=O)[nH]c4ccc(Br)cc4c3=O)CC2)c1C. The molecule has 1 saturated heterocycles. The summed E-state index contributed by atoms with van der Waals surface area (Å²) in [5, 5.41) is 0.452. The third-order valence-electron chi connectivity index (χ3n) is 6.27. The van der Waals surface area contributed by atoms with Crippen molar-refractivity contribution in [3.8, 4) is 0 Å². The molecule has 7 nitrogen and oxygen atoms in total. The fraction of sp³-hybridized carbons (Fsp3) is 0.375. The first-order valence-electron chi connectivity index (χ1n) is 10.9. The molecule has 1 fully saturated rings. The van der Waals surface area contributed by atoms with Gasteiger partial charge in [0.2, 0.25) is 5.91 Å². The summed E-state index contributed by atoms with van der Waals surface area (Å²) in [5.74, 6) is 0.0682. The molecular formula is C24H27BrN4O3. The smallest absolute Gasteiger partial charge is 0.328 e. The first kappa shape index (κ1) is 22.3. The van der Waals surface area contributed by atoms with Crippen LogP contribution in [0.1, 0.15) is 24.0 Å². The number of carbonyl (C=O) groups excluding carboxylic acids is 1. The Bertz CT molecular complexity index is 1270. The Morgan fingerprint density at radius 3 is 2.56 bits per heavy atom. The molecule has 1 N–H and O–H groups in total. The van der Waals surface area contributed by atoms with Crippen LogP contribution in [0, 0.1) is 13.8 Å². The molecule has 3 aromatic rings. The van der Waals surface area contributed by atoms with E-state index in [4.69, 9.17) is 0 Å². The number of anilines is 1. The van der Waals surface area contributed by atoms with Crippen molar-refractivity contribution in [1.29, 1.82) is 0 Å². The van der Waals surface area contributed by atoms with Gasteiger partial charge in [-0.25, -0.2) is 4.79 Å². The lowest BCUT2D eigenvalue weighted by molar-refractivity contribution is -0.131. The van der Waals surface area contributed by atoms with Crippen LogP contribution in [0.5, 0.6) is 0 Å². The number of halogens is 1. The standard InChI is InChI=1S/C24H27BrN4O3/c1-16-5-3-6-21(17(16)2)27-11-13-28(14-12-27)22(30)7-4-10-29-23(31)19-15-18(25)8-9-20(19)26-24(29)32/h3,5-6,8-9,15H,4,7,10-14H2,1-2H3,(H,26,32). The highest BCUT2D eigenvalue weighted by Crippen LogP contribution is 2.24. The number of aromatic nitrogens is 2. The maximum atomic E-state index is 12.7. The average molecular weight is 499 g/mol. The van der Waals surface area contributed by atoms with E-state index in [0.717, 1.165) is 17.6 Å². The summed E-state index contributed by atoms with van der Waals surface area (Å²) in [6.45, 7) is 7.42. The highest BCUT2D eigenvalue weighted by molar-refractivity contribution is 9.10. The van der Waals surface area contributed by atoms with E-state index in [0.29, 0.717) is 36.8 Å². The number of hydrogen-bond donors (Lipinski definition) is 1. The van der Waals surface area contributed by atoms with Crippen LogP contribution < -0.4 is 16.1 Å². The summed E-state index contributed by atoms with van der Waals surface area (Å²) in [7, 11) is 0. The Balaban J connectivity index is 1.35. The Hall–Kier alpha value is -2.87. The van der Waals surface area contributed by atoms with E-state index < -0.39 is 5.69 Å². The highest BCUT2D eigenvalue weighted by Gasteiger charge is 2.22. The zero-order valence-corrected chi connectivity index (χ0v) is 19.9. The summed E-state index contributed by atoms with van der Waals surface area (Å²) >= 11 is 3.36. The average Bonchev–Trinajstić information content (AvgIpc) is 2.78. The zero-order chi connectivity index (χ0) is 22.8. The third kappa shape index (κ3) is 4.50. The number of nitrogens with one attached hydrogen (secondary N) is 1. The maximum absolute atomic E-state index is 12.7. The lowest BCUT2D eigenvalue weighted by Crippen LogP contribution is -2.49. The molecule has 0 aliphatic carbocycles. The van der Waals surface area contributed by atoms with Gasteiger partial charge in [-0.1, -0.05) is 28.1 Å². The summed E-state index contributed by atoms with van der Waals surface area (Å²) < 4.78 is 1.96. The minimum absolute atomic E-state index is 0.0682. The molecule has 1 aliphatic heterocycles. The molecule has 168 valence electrons. The molecule has 0 atom stereocenters. The largest absolute Gasteiger partial charge is 0.368 e. The topological polar surface area (TPSA) is 78.4 Å². The van der Waals surface area contributed by atoms with Crippen LogP contribution in [0.15, 0.2) is 50.5 Å². The highest BCUT2D eigenvalue weighted by atomic mass is 79.9. The van der Waals surface area contributed by atoms with Crippen LogP contribution in [-0.2, 0) is 11.3 Å². The summed E-state index contributed by atoms with van der Waals surface area (Å²) in [4.78, 5) is 44.7. The molecule has 1 aromatic heterocycles. The van der Waals surface area contributed by atoms with E-state index in [-0.39, 0.29) is 18.0 Å². The van der Waals surface area contributed by atoms with Gasteiger partial charge in [-0.2, -0.15) is 0 Å². The molecule has 4 rings (SSSR count). The van der Waals surface area contributed by atoms with Gasteiger partial charge in [0.05, 0.1) is 10.9 Å². The van der Waals surface area contributed by atoms with Crippen LogP contribution in [0.25, 0.3) is 10.9 Å². The second-order valence-electron chi connectivity index (χ2n) is 8.27. The second-order valence-corrected chi connectivity index (χ2v) is 9.18. The Labute approximate surface area is 194 Å². The van der Waals surface area contributed by atoms with Crippen molar-refractivity contribution in [2.45, 2.75) is 33.2 Å². The predicted octanol–water partition coefficient (Wildman–Crippen LogP) is 3.20. The number of aromatic amines is 1. The molecule has 2 aromatic carbocycles. The van der Waals surface area contributed by atoms with Gasteiger partial charge in [0.25, 0.3) is 5.56 Å². The molecule has 0 bridgehead atoms. The molecule has 0 spiro atoms. The van der Waals surface area contributed by atoms with Crippen molar-refractivity contribution in [2.24, 2.45) is 0 Å². The molecular weight excluding hydrogens is 472 g/mol. The normalized spacial score (nSPS) is 14.2. The van der Waals surface area contributed by atoms with Gasteiger partial charge < -0.3 is 14.8 Å². The molecule has 1 aliphatic rings. The number of nitrogens with zero attached hydrogens (tertiary/aromatic N) is 3. The molecule has 0 saturated carbocycles. The number of amides is 1. The quantitative estimate of drug-likeness (QED) is 0.585. The van der Waals surface area contributed by atoms with Crippen molar-refractivity contribution >= 4 is 38.4 Å². The molecule has 8 heteroatoms. The summed E-state index contributed by atoms with van der Waals surface area (Å²) in [5.41, 5.74) is 3.52. The fourth-order valence-electron chi connectivity index (χ4n) is 4.25. The van der Waals surface area contributed by atoms with E-state index in [2.05, 4.69) is 57.9 Å². The minimum Gasteiger partial charge on any atom is -0.368 e. The zero-order valence-electron chi connectivity index (χ0n) is 18.4. The van der Waals surface area contributed by atoms with Crippen LogP contribution in [-0.4, -0.2) is 46.5 Å². The number of piperazine rings is 1. The Morgan fingerprint density at radius 2 is 1.81 bits per heavy atom. The van der Waals surface area contributed by atoms with Crippen molar-refractivity contribution in [3.63, 3.8) is 0 Å². The van der Waals surface area contributed by atoms with E-state index in [9.17, 15) is 14.4 Å². The minimum atomic E-state index is -0.445. The fourth-order valence-corrected chi connectivity index (χ4v) is 4.61. The number of fused-ring (bicyclic) bond motifs is 1. The maximum Gasteiger partial charge on any atom is 0.328 e. The van der Waals surface area contributed by atoms with E-state index >= 15 is 0 Å². The van der Waals surface area contributed by atoms with Crippen LogP contribution in [0.4, 0.5) is 5.69 Å². The number of rotatable bonds is 5. The van der Waals surface area contributed by atoms with Gasteiger partial charge in [-0.3, -0.25) is 14.2 Å². The number of H-pyrrole nitrogens is 1. The lowest BCUT2D eigenvalue weighted by Gasteiger charge is -2.37. The monoisotopic (exact) mass is 498 g/mol. The third-order valence-corrected chi connectivity index (χ3v) is 6.76. The molecule has 2 heterocycles. The molecule has 0 unspecified atom stereocenters. The van der Waals surface area contributed by atoms with Gasteiger partial charge in [0.1, 0.15) is 0 Å². The Kier molecular flexibility index (Phi) is 6.50. The van der Waals surface area contributed by atoms with Crippen molar-refractivity contribution in [2.75, 3.05) is 31.1 Å². The van der Waals surface area contributed by atoms with E-state index in [1.165, 1.54) is 21.4 Å². The van der Waals surface area contributed by atoms with E-state index in [1.807, 2.05) is 4.90 Å². The van der Waals surface area contributed by atoms with Gasteiger partial charge >= 0.3 is 5.69 Å². The van der Waals surface area contributed by atoms with Gasteiger partial charge in [-0.05, 0) is 55.7 Å². The number of aryl methyl sites for hydroxylation is 1. The number of hydrogen-bond acceptors (Lipinski definition) is 4. The summed E-state index contributed by atoms with van der Waals surface area (Å²) in [6.07, 6.45) is 0.754. The van der Waals surface area contributed by atoms with Crippen LogP contribution in [0.2, 0.25) is 0 Å². The van der Waals surface area contributed by atoms with Crippen LogP contribution >= 0.6 is 15.9 Å². The van der Waals surface area contributed by atoms with Gasteiger partial charge in [-0.15, -0.1) is 0 Å². The first-order valence-corrected chi connectivity index (χ1v) is 11.7. The molecule has 1 amide bonds. The number of benzene rings is 2. The predicted molar refractivity (Wildman–Crippen MR) is 130 cm³/mol. The van der Waals surface area contributed by atoms with E-state index in [1.54, 1.807) is 18.2 Å². The summed E-state index contributed by atoms with van der Waals surface area (Å²) in [6, 6.07) is 11.5. The Morgan fingerprint density at radius 1 is 1.06 bits per heavy atom. The van der Waals surface area contributed by atoms with Crippen molar-refractivity contribution < 1.29 is 4.79 Å². The van der Waals surface area contributed by atoms with Gasteiger partial charge in [0.15, 0.2) is 0 Å². The first-order chi connectivity index (χ1) is 15.3. The second kappa shape index (κ2) is 9.32. The molecule has 0 radical (unpaired) electrons. The van der Waals surface area contributed by atoms with Crippen molar-refractivity contribution in [1.82, 2.24) is 14.5 Å². The lowest BCUT2D eigenvalue weighted by atomic mass is 10.1. The van der Waals surface area contributed by atoms with Crippen LogP contribution in [0.3, 0.4) is 0 Å². The van der Waals surface area contributed by atoms with Crippen molar-refractivity contribution in [3.05, 3.63) is 72.8 Å².